The van der Waals surface area contributed by atoms with E-state index in [1.165, 1.54) is 32.1 Å². The summed E-state index contributed by atoms with van der Waals surface area (Å²) in [5.74, 6) is 2.96. The highest BCUT2D eigenvalue weighted by molar-refractivity contribution is 5.47. The first-order chi connectivity index (χ1) is 7.65. The summed E-state index contributed by atoms with van der Waals surface area (Å²) in [4.78, 5) is 8.86. The molecule has 2 aliphatic rings. The average Bonchev–Trinajstić information content (AvgIpc) is 2.97. The maximum Gasteiger partial charge on any atom is 0.136 e. The van der Waals surface area contributed by atoms with Crippen LogP contribution in [0, 0.1) is 0 Å². The van der Waals surface area contributed by atoms with Gasteiger partial charge in [0.25, 0.3) is 0 Å². The fraction of sp³-hybridized carbons (Fsp3) is 0.667. The van der Waals surface area contributed by atoms with E-state index in [1.807, 2.05) is 6.07 Å². The van der Waals surface area contributed by atoms with Crippen LogP contribution in [0.2, 0.25) is 0 Å². The van der Waals surface area contributed by atoms with Crippen LogP contribution in [0.1, 0.15) is 50.8 Å². The molecule has 0 radical (unpaired) electrons. The molecule has 4 heteroatoms. The van der Waals surface area contributed by atoms with Crippen LogP contribution < -0.4 is 11.1 Å². The minimum atomic E-state index is 0.224. The average molecular weight is 218 g/mol. The summed E-state index contributed by atoms with van der Waals surface area (Å²) in [5, 5.41) is 3.49. The van der Waals surface area contributed by atoms with E-state index < -0.39 is 0 Å². The van der Waals surface area contributed by atoms with Gasteiger partial charge in [-0.3, -0.25) is 0 Å². The van der Waals surface area contributed by atoms with Crippen LogP contribution in [0.25, 0.3) is 0 Å². The molecule has 0 atom stereocenters. The van der Waals surface area contributed by atoms with Crippen LogP contribution >= 0.6 is 0 Å². The van der Waals surface area contributed by atoms with E-state index in [9.17, 15) is 0 Å². The third kappa shape index (κ3) is 1.84. The number of rotatable bonds is 3. The molecule has 0 spiro atoms. The lowest BCUT2D eigenvalue weighted by molar-refractivity contribution is 0.305. The van der Waals surface area contributed by atoms with Gasteiger partial charge in [-0.25, -0.2) is 9.97 Å². The first-order valence-corrected chi connectivity index (χ1v) is 6.07. The summed E-state index contributed by atoms with van der Waals surface area (Å²) in [7, 11) is 0. The van der Waals surface area contributed by atoms with Gasteiger partial charge in [-0.1, -0.05) is 0 Å². The molecular weight excluding hydrogens is 200 g/mol. The van der Waals surface area contributed by atoms with Crippen molar-refractivity contribution in [2.45, 2.75) is 50.5 Å². The minimum Gasteiger partial charge on any atom is -0.384 e. The highest BCUT2D eigenvalue weighted by atomic mass is 15.1. The Balaban J connectivity index is 1.82. The van der Waals surface area contributed by atoms with Gasteiger partial charge in [0.05, 0.1) is 0 Å². The summed E-state index contributed by atoms with van der Waals surface area (Å²) in [6, 6.07) is 1.84. The van der Waals surface area contributed by atoms with Crippen molar-refractivity contribution >= 4 is 11.6 Å². The zero-order valence-electron chi connectivity index (χ0n) is 9.66. The lowest BCUT2D eigenvalue weighted by Crippen LogP contribution is -2.42. The molecule has 16 heavy (non-hydrogen) atoms. The maximum atomic E-state index is 5.81. The van der Waals surface area contributed by atoms with Gasteiger partial charge >= 0.3 is 0 Å². The van der Waals surface area contributed by atoms with Crippen molar-refractivity contribution in [1.29, 1.82) is 0 Å². The van der Waals surface area contributed by atoms with Crippen molar-refractivity contribution in [3.8, 4) is 0 Å². The van der Waals surface area contributed by atoms with Crippen LogP contribution in [0.15, 0.2) is 6.07 Å². The van der Waals surface area contributed by atoms with Crippen LogP contribution in [-0.4, -0.2) is 15.5 Å². The number of hydrogen-bond acceptors (Lipinski definition) is 4. The highest BCUT2D eigenvalue weighted by Crippen LogP contribution is 2.39. The van der Waals surface area contributed by atoms with Crippen LogP contribution in [0.3, 0.4) is 0 Å². The second kappa shape index (κ2) is 3.34. The Hall–Kier alpha value is -1.32. The molecule has 0 aliphatic heterocycles. The lowest BCUT2D eigenvalue weighted by Gasteiger charge is -2.39. The summed E-state index contributed by atoms with van der Waals surface area (Å²) in [6.45, 7) is 2.24. The zero-order valence-corrected chi connectivity index (χ0v) is 9.66. The van der Waals surface area contributed by atoms with Crippen molar-refractivity contribution in [2.24, 2.45) is 0 Å². The standard InChI is InChI=1S/C12H18N4/c1-12(5-2-6-12)16-10-7-9(13)14-11(15-10)8-3-4-8/h7-8H,2-6H2,1H3,(H3,13,14,15,16). The number of hydrogen-bond donors (Lipinski definition) is 2. The fourth-order valence-corrected chi connectivity index (χ4v) is 2.21. The van der Waals surface area contributed by atoms with Gasteiger partial charge in [0.2, 0.25) is 0 Å². The Morgan fingerprint density at radius 2 is 2.12 bits per heavy atom. The second-order valence-corrected chi connectivity index (χ2v) is 5.35. The molecule has 0 amide bonds. The SMILES string of the molecule is CC1(Nc2cc(N)nc(C3CC3)n2)CCC1. The van der Waals surface area contributed by atoms with E-state index in [0.29, 0.717) is 11.7 Å². The first-order valence-electron chi connectivity index (χ1n) is 6.07. The number of nitrogens with zero attached hydrogens (tertiary/aromatic N) is 2. The quantitative estimate of drug-likeness (QED) is 0.817. The maximum absolute atomic E-state index is 5.81. The topological polar surface area (TPSA) is 63.8 Å². The van der Waals surface area contributed by atoms with Crippen molar-refractivity contribution in [3.05, 3.63) is 11.9 Å². The molecule has 1 aromatic rings. The molecule has 0 aromatic carbocycles. The van der Waals surface area contributed by atoms with Gasteiger partial charge in [-0.2, -0.15) is 0 Å². The summed E-state index contributed by atoms with van der Waals surface area (Å²) in [5.41, 5.74) is 6.04. The first kappa shape index (κ1) is 9.87. The van der Waals surface area contributed by atoms with Crippen molar-refractivity contribution in [3.63, 3.8) is 0 Å². The molecule has 1 heterocycles. The van der Waals surface area contributed by atoms with Crippen LogP contribution in [0.4, 0.5) is 11.6 Å². The molecule has 0 bridgehead atoms. The van der Waals surface area contributed by atoms with Gasteiger partial charge < -0.3 is 11.1 Å². The number of aromatic nitrogens is 2. The van der Waals surface area contributed by atoms with Gasteiger partial charge in [0.1, 0.15) is 17.5 Å². The molecule has 3 rings (SSSR count). The molecule has 86 valence electrons. The monoisotopic (exact) mass is 218 g/mol. The van der Waals surface area contributed by atoms with E-state index in [2.05, 4.69) is 22.2 Å². The summed E-state index contributed by atoms with van der Waals surface area (Å²) in [6.07, 6.45) is 6.16. The summed E-state index contributed by atoms with van der Waals surface area (Å²) < 4.78 is 0. The van der Waals surface area contributed by atoms with Gasteiger partial charge in [0.15, 0.2) is 0 Å². The van der Waals surface area contributed by atoms with Crippen molar-refractivity contribution in [1.82, 2.24) is 9.97 Å². The smallest absolute Gasteiger partial charge is 0.136 e. The molecule has 2 saturated carbocycles. The molecule has 0 unspecified atom stereocenters. The third-order valence-corrected chi connectivity index (χ3v) is 3.59. The number of nitrogens with two attached hydrogens (primary N) is 1. The fourth-order valence-electron chi connectivity index (χ4n) is 2.21. The van der Waals surface area contributed by atoms with E-state index in [0.717, 1.165) is 11.6 Å². The second-order valence-electron chi connectivity index (χ2n) is 5.35. The van der Waals surface area contributed by atoms with Crippen LogP contribution in [-0.2, 0) is 0 Å². The molecule has 4 nitrogen and oxygen atoms in total. The molecule has 1 aromatic heterocycles. The summed E-state index contributed by atoms with van der Waals surface area (Å²) >= 11 is 0. The molecule has 2 fully saturated rings. The zero-order chi connectivity index (χ0) is 11.2. The normalized spacial score (nSPS) is 22.6. The Labute approximate surface area is 95.7 Å². The Morgan fingerprint density at radius 1 is 1.38 bits per heavy atom. The largest absolute Gasteiger partial charge is 0.384 e. The van der Waals surface area contributed by atoms with E-state index in [1.54, 1.807) is 0 Å². The van der Waals surface area contributed by atoms with Gasteiger partial charge in [-0.05, 0) is 39.0 Å². The number of anilines is 2. The molecule has 3 N–H and O–H groups in total. The molecule has 2 aliphatic carbocycles. The third-order valence-electron chi connectivity index (χ3n) is 3.59. The molecule has 0 saturated heterocycles. The van der Waals surface area contributed by atoms with Gasteiger partial charge in [-0.15, -0.1) is 0 Å². The van der Waals surface area contributed by atoms with Crippen LogP contribution in [0.5, 0.6) is 0 Å². The van der Waals surface area contributed by atoms with Crippen molar-refractivity contribution in [2.75, 3.05) is 11.1 Å². The van der Waals surface area contributed by atoms with E-state index in [-0.39, 0.29) is 5.54 Å². The Bertz CT molecular complexity index is 407. The predicted octanol–water partition coefficient (Wildman–Crippen LogP) is 2.29. The molecular formula is C12H18N4. The number of nitrogens with one attached hydrogen (secondary N) is 1. The minimum absolute atomic E-state index is 0.224. The Morgan fingerprint density at radius 3 is 2.69 bits per heavy atom. The van der Waals surface area contributed by atoms with E-state index in [4.69, 9.17) is 5.73 Å². The van der Waals surface area contributed by atoms with E-state index >= 15 is 0 Å². The van der Waals surface area contributed by atoms with Crippen molar-refractivity contribution < 1.29 is 0 Å². The predicted molar refractivity (Wildman–Crippen MR) is 64.3 cm³/mol. The Kier molecular flexibility index (Phi) is 2.06. The lowest BCUT2D eigenvalue weighted by atomic mass is 9.78. The highest BCUT2D eigenvalue weighted by Gasteiger charge is 2.33. The number of nitrogen functional groups attached to an aromatic ring is 1. The van der Waals surface area contributed by atoms with Gasteiger partial charge in [0, 0.05) is 17.5 Å².